The fraction of sp³-hybridized carbons (Fsp3) is 0.333. The van der Waals surface area contributed by atoms with E-state index in [4.69, 9.17) is 5.73 Å². The van der Waals surface area contributed by atoms with Crippen LogP contribution in [-0.4, -0.2) is 29.2 Å². The molecule has 0 bridgehead atoms. The molecule has 0 unspecified atom stereocenters. The molecule has 20 heavy (non-hydrogen) atoms. The highest BCUT2D eigenvalue weighted by atomic mass is 15.4. The molecular formula is C15H19N5. The zero-order valence-corrected chi connectivity index (χ0v) is 12.0. The van der Waals surface area contributed by atoms with Crippen LogP contribution in [0.5, 0.6) is 0 Å². The topological polar surface area (TPSA) is 57.2 Å². The van der Waals surface area contributed by atoms with Gasteiger partial charge < -0.3 is 15.5 Å². The second-order valence-corrected chi connectivity index (χ2v) is 5.97. The molecule has 0 aromatic heterocycles. The molecule has 0 aliphatic carbocycles. The fourth-order valence-electron chi connectivity index (χ4n) is 2.42. The van der Waals surface area contributed by atoms with Crippen molar-refractivity contribution in [3.05, 3.63) is 41.7 Å². The molecule has 0 fully saturated rings. The minimum atomic E-state index is -0.0501. The van der Waals surface area contributed by atoms with E-state index in [9.17, 15) is 0 Å². The lowest BCUT2D eigenvalue weighted by Crippen LogP contribution is -2.56. The third-order valence-corrected chi connectivity index (χ3v) is 3.56. The van der Waals surface area contributed by atoms with Gasteiger partial charge in [-0.15, -0.1) is 5.10 Å². The molecule has 1 aromatic rings. The zero-order chi connectivity index (χ0) is 14.3. The van der Waals surface area contributed by atoms with Crippen molar-refractivity contribution in [2.75, 3.05) is 11.6 Å². The van der Waals surface area contributed by atoms with Gasteiger partial charge in [-0.2, -0.15) is 5.10 Å². The van der Waals surface area contributed by atoms with Crippen molar-refractivity contribution < 1.29 is 0 Å². The summed E-state index contributed by atoms with van der Waals surface area (Å²) in [4.78, 5) is 4.32. The fourth-order valence-corrected chi connectivity index (χ4v) is 2.42. The van der Waals surface area contributed by atoms with Gasteiger partial charge in [0.2, 0.25) is 0 Å². The SMILES string of the molecule is CC(C)(C)N1CN(c2ccccc2)C(N)=C2C=NN=C21. The normalized spacial score (nSPS) is 18.4. The molecule has 5 nitrogen and oxygen atoms in total. The Hall–Kier alpha value is -2.30. The van der Waals surface area contributed by atoms with Gasteiger partial charge in [0.25, 0.3) is 0 Å². The number of hydrogen-bond acceptors (Lipinski definition) is 5. The number of para-hydroxylation sites is 1. The van der Waals surface area contributed by atoms with Gasteiger partial charge in [0, 0.05) is 11.2 Å². The van der Waals surface area contributed by atoms with Crippen LogP contribution < -0.4 is 10.6 Å². The average Bonchev–Trinajstić information content (AvgIpc) is 2.88. The van der Waals surface area contributed by atoms with Crippen LogP contribution in [0.1, 0.15) is 20.8 Å². The van der Waals surface area contributed by atoms with Crippen molar-refractivity contribution in [1.29, 1.82) is 0 Å². The molecule has 0 atom stereocenters. The van der Waals surface area contributed by atoms with Crippen molar-refractivity contribution in [1.82, 2.24) is 4.90 Å². The highest BCUT2D eigenvalue weighted by Gasteiger charge is 2.36. The van der Waals surface area contributed by atoms with Crippen LogP contribution in [0, 0.1) is 0 Å². The molecule has 0 radical (unpaired) electrons. The van der Waals surface area contributed by atoms with Crippen molar-refractivity contribution in [3.8, 4) is 0 Å². The number of nitrogens with zero attached hydrogens (tertiary/aromatic N) is 4. The minimum absolute atomic E-state index is 0.0501. The summed E-state index contributed by atoms with van der Waals surface area (Å²) in [6, 6.07) is 10.1. The van der Waals surface area contributed by atoms with E-state index in [0.29, 0.717) is 12.5 Å². The third kappa shape index (κ3) is 1.95. The first-order valence-electron chi connectivity index (χ1n) is 6.70. The first kappa shape index (κ1) is 12.7. The molecule has 0 spiro atoms. The lowest BCUT2D eigenvalue weighted by Gasteiger charge is -2.45. The van der Waals surface area contributed by atoms with Crippen LogP contribution in [0.4, 0.5) is 5.69 Å². The number of rotatable bonds is 1. The Labute approximate surface area is 119 Å². The minimum Gasteiger partial charge on any atom is -0.384 e. The van der Waals surface area contributed by atoms with Crippen LogP contribution in [0.25, 0.3) is 0 Å². The summed E-state index contributed by atoms with van der Waals surface area (Å²) >= 11 is 0. The third-order valence-electron chi connectivity index (χ3n) is 3.56. The van der Waals surface area contributed by atoms with E-state index < -0.39 is 0 Å². The predicted molar refractivity (Wildman–Crippen MR) is 82.5 cm³/mol. The molecule has 0 saturated heterocycles. The van der Waals surface area contributed by atoms with E-state index in [2.05, 4.69) is 52.9 Å². The summed E-state index contributed by atoms with van der Waals surface area (Å²) in [7, 11) is 0. The maximum Gasteiger partial charge on any atom is 0.165 e. The number of fused-ring (bicyclic) bond motifs is 1. The molecule has 2 aliphatic heterocycles. The van der Waals surface area contributed by atoms with E-state index in [1.165, 1.54) is 0 Å². The summed E-state index contributed by atoms with van der Waals surface area (Å²) in [5, 5.41) is 8.26. The Morgan fingerprint density at radius 1 is 1.15 bits per heavy atom. The summed E-state index contributed by atoms with van der Waals surface area (Å²) in [5.41, 5.74) is 8.23. The van der Waals surface area contributed by atoms with Gasteiger partial charge in [-0.05, 0) is 32.9 Å². The molecule has 1 aromatic carbocycles. The zero-order valence-electron chi connectivity index (χ0n) is 12.0. The van der Waals surface area contributed by atoms with Crippen molar-refractivity contribution in [2.24, 2.45) is 15.9 Å². The highest BCUT2D eigenvalue weighted by Crippen LogP contribution is 2.29. The smallest absolute Gasteiger partial charge is 0.165 e. The molecular weight excluding hydrogens is 250 g/mol. The lowest BCUT2D eigenvalue weighted by atomic mass is 10.0. The van der Waals surface area contributed by atoms with Crippen LogP contribution in [-0.2, 0) is 0 Å². The van der Waals surface area contributed by atoms with Crippen molar-refractivity contribution in [3.63, 3.8) is 0 Å². The Balaban J connectivity index is 2.08. The van der Waals surface area contributed by atoms with Gasteiger partial charge in [-0.1, -0.05) is 18.2 Å². The lowest BCUT2D eigenvalue weighted by molar-refractivity contribution is 0.236. The van der Waals surface area contributed by atoms with Gasteiger partial charge in [-0.25, -0.2) is 0 Å². The molecule has 2 heterocycles. The first-order chi connectivity index (χ1) is 9.48. The second-order valence-electron chi connectivity index (χ2n) is 5.97. The number of anilines is 1. The number of hydrogen-bond donors (Lipinski definition) is 1. The largest absolute Gasteiger partial charge is 0.384 e. The Morgan fingerprint density at radius 2 is 1.85 bits per heavy atom. The van der Waals surface area contributed by atoms with Gasteiger partial charge >= 0.3 is 0 Å². The molecule has 2 aliphatic rings. The average molecular weight is 269 g/mol. The van der Waals surface area contributed by atoms with E-state index in [1.807, 2.05) is 18.2 Å². The standard InChI is InChI=1S/C15H19N5/c1-15(2,3)20-10-19(11-7-5-4-6-8-11)13(16)12-9-17-18-14(12)20/h4-9H,10,16H2,1-3H3. The van der Waals surface area contributed by atoms with Gasteiger partial charge in [0.15, 0.2) is 5.84 Å². The monoisotopic (exact) mass is 269 g/mol. The molecule has 0 amide bonds. The first-order valence-corrected chi connectivity index (χ1v) is 6.70. The van der Waals surface area contributed by atoms with Crippen LogP contribution in [0.3, 0.4) is 0 Å². The summed E-state index contributed by atoms with van der Waals surface area (Å²) in [6.45, 7) is 7.16. The summed E-state index contributed by atoms with van der Waals surface area (Å²) in [5.74, 6) is 1.57. The quantitative estimate of drug-likeness (QED) is 0.849. The molecule has 3 rings (SSSR count). The van der Waals surface area contributed by atoms with Crippen molar-refractivity contribution in [2.45, 2.75) is 26.3 Å². The van der Waals surface area contributed by atoms with Gasteiger partial charge in [0.1, 0.15) is 5.82 Å². The van der Waals surface area contributed by atoms with Crippen LogP contribution >= 0.6 is 0 Å². The van der Waals surface area contributed by atoms with Gasteiger partial charge in [-0.3, -0.25) is 0 Å². The predicted octanol–water partition coefficient (Wildman–Crippen LogP) is 2.13. The number of nitrogens with two attached hydrogens (primary N) is 1. The van der Waals surface area contributed by atoms with Crippen LogP contribution in [0.15, 0.2) is 51.9 Å². The van der Waals surface area contributed by atoms with Crippen LogP contribution in [0.2, 0.25) is 0 Å². The Bertz CT molecular complexity index is 607. The molecule has 2 N–H and O–H groups in total. The molecule has 0 saturated carbocycles. The van der Waals surface area contributed by atoms with E-state index in [-0.39, 0.29) is 5.54 Å². The second kappa shape index (κ2) is 4.37. The van der Waals surface area contributed by atoms with E-state index in [1.54, 1.807) is 6.21 Å². The van der Waals surface area contributed by atoms with Crippen molar-refractivity contribution >= 4 is 17.7 Å². The number of amidine groups is 1. The Morgan fingerprint density at radius 3 is 2.50 bits per heavy atom. The Kier molecular flexibility index (Phi) is 2.78. The maximum absolute atomic E-state index is 6.31. The number of benzene rings is 1. The molecule has 104 valence electrons. The maximum atomic E-state index is 6.31. The van der Waals surface area contributed by atoms with E-state index >= 15 is 0 Å². The van der Waals surface area contributed by atoms with Gasteiger partial charge in [0.05, 0.1) is 18.5 Å². The highest BCUT2D eigenvalue weighted by molar-refractivity contribution is 6.19. The summed E-state index contributed by atoms with van der Waals surface area (Å²) in [6.07, 6.45) is 1.73. The summed E-state index contributed by atoms with van der Waals surface area (Å²) < 4.78 is 0. The molecule has 5 heteroatoms. The van der Waals surface area contributed by atoms with E-state index in [0.717, 1.165) is 17.1 Å².